The quantitative estimate of drug-likeness (QED) is 0.130. The van der Waals surface area contributed by atoms with E-state index >= 15 is 0 Å². The first kappa shape index (κ1) is 22.0. The third-order valence-corrected chi connectivity index (χ3v) is 10.0. The van der Waals surface area contributed by atoms with Crippen LogP contribution in [0.25, 0.3) is 64.6 Å². The number of hydrogen-bond acceptors (Lipinski definition) is 2. The maximum absolute atomic E-state index is 2.36. The minimum Gasteiger partial charge on any atom is -0.0616 e. The van der Waals surface area contributed by atoms with Gasteiger partial charge in [-0.25, -0.2) is 0 Å². The normalized spacial score (nSPS) is 11.9. The molecule has 0 aliphatic rings. The van der Waals surface area contributed by atoms with Gasteiger partial charge in [-0.3, -0.25) is 0 Å². The Morgan fingerprint density at radius 2 is 0.658 bits per heavy atom. The van der Waals surface area contributed by atoms with Gasteiger partial charge < -0.3 is 0 Å². The lowest BCUT2D eigenvalue weighted by Gasteiger charge is -2.13. The molecule has 0 saturated heterocycles. The van der Waals surface area contributed by atoms with Crippen LogP contribution in [0.1, 0.15) is 0 Å². The number of benzene rings is 8. The second-order valence-electron chi connectivity index (χ2n) is 9.85. The lowest BCUT2D eigenvalue weighted by atomic mass is 9.98. The Labute approximate surface area is 228 Å². The lowest BCUT2D eigenvalue weighted by Crippen LogP contribution is -1.83. The summed E-state index contributed by atoms with van der Waals surface area (Å²) in [6, 6.07) is 49.1. The van der Waals surface area contributed by atoms with Crippen molar-refractivity contribution in [2.45, 2.75) is 9.79 Å². The Morgan fingerprint density at radius 1 is 0.289 bits per heavy atom. The molecule has 0 heterocycles. The summed E-state index contributed by atoms with van der Waals surface area (Å²) in [5.74, 6) is 0. The van der Waals surface area contributed by atoms with E-state index < -0.39 is 0 Å². The lowest BCUT2D eigenvalue weighted by molar-refractivity contribution is 1.57. The van der Waals surface area contributed by atoms with Crippen LogP contribution in [0.3, 0.4) is 0 Å². The molecule has 0 N–H and O–H groups in total. The first-order valence-corrected chi connectivity index (χ1v) is 15.0. The molecule has 178 valence electrons. The SMILES string of the molecule is c1ccc2cc3c(ccc4cccc(SSc5cccc6ccc7cc8ccccc8cc7c56)c43)cc2c1. The highest BCUT2D eigenvalue weighted by Crippen LogP contribution is 2.46. The van der Waals surface area contributed by atoms with E-state index in [1.807, 2.05) is 21.6 Å². The summed E-state index contributed by atoms with van der Waals surface area (Å²) in [4.78, 5) is 2.60. The topological polar surface area (TPSA) is 0 Å². The van der Waals surface area contributed by atoms with E-state index in [4.69, 9.17) is 0 Å². The predicted octanol–water partition coefficient (Wildman–Crippen LogP) is 11.4. The summed E-state index contributed by atoms with van der Waals surface area (Å²) in [6.07, 6.45) is 0. The fourth-order valence-corrected chi connectivity index (χ4v) is 8.20. The molecule has 0 fully saturated rings. The van der Waals surface area contributed by atoms with E-state index in [0.29, 0.717) is 0 Å². The molecule has 8 rings (SSSR count). The molecule has 38 heavy (non-hydrogen) atoms. The summed E-state index contributed by atoms with van der Waals surface area (Å²) in [5, 5.41) is 15.6. The Bertz CT molecular complexity index is 2030. The Balaban J connectivity index is 1.29. The summed E-state index contributed by atoms with van der Waals surface area (Å²) < 4.78 is 0. The largest absolute Gasteiger partial charge is 0.0616 e. The van der Waals surface area contributed by atoms with Crippen molar-refractivity contribution in [3.63, 3.8) is 0 Å². The maximum Gasteiger partial charge on any atom is 0.0271 e. The van der Waals surface area contributed by atoms with Gasteiger partial charge in [0.25, 0.3) is 0 Å². The fraction of sp³-hybridized carbons (Fsp3) is 0. The van der Waals surface area contributed by atoms with Crippen LogP contribution in [0.4, 0.5) is 0 Å². The molecule has 8 aromatic carbocycles. The molecule has 0 nitrogen and oxygen atoms in total. The van der Waals surface area contributed by atoms with Gasteiger partial charge in [-0.05, 0) is 90.3 Å². The predicted molar refractivity (Wildman–Crippen MR) is 170 cm³/mol. The number of fused-ring (bicyclic) bond motifs is 8. The molecule has 0 aliphatic carbocycles. The molecule has 0 radical (unpaired) electrons. The van der Waals surface area contributed by atoms with Gasteiger partial charge in [-0.15, -0.1) is 0 Å². The van der Waals surface area contributed by atoms with Crippen LogP contribution in [-0.4, -0.2) is 0 Å². The minimum atomic E-state index is 1.28. The van der Waals surface area contributed by atoms with Crippen molar-refractivity contribution in [3.8, 4) is 0 Å². The third kappa shape index (κ3) is 3.56. The molecule has 8 aromatic rings. The van der Waals surface area contributed by atoms with Gasteiger partial charge >= 0.3 is 0 Å². The molecular weight excluding hydrogens is 497 g/mol. The van der Waals surface area contributed by atoms with Crippen molar-refractivity contribution in [2.24, 2.45) is 0 Å². The molecule has 0 bridgehead atoms. The molecule has 2 heteroatoms. The molecule has 0 amide bonds. The van der Waals surface area contributed by atoms with Crippen LogP contribution < -0.4 is 0 Å². The van der Waals surface area contributed by atoms with Gasteiger partial charge in [0, 0.05) is 20.6 Å². The standard InChI is InChI=1S/C36H22S2/c1-3-9-27-21-31-29(19-25(27)7-1)17-15-23-11-5-13-33(35(23)31)37-38-34-14-6-12-24-16-18-30-20-26-8-2-4-10-28(26)22-32(30)36(24)34/h1-22H. The molecular formula is C36H22S2. The zero-order valence-electron chi connectivity index (χ0n) is 20.5. The van der Waals surface area contributed by atoms with Crippen LogP contribution in [0, 0.1) is 0 Å². The monoisotopic (exact) mass is 518 g/mol. The Hall–Kier alpha value is -3.98. The second kappa shape index (κ2) is 8.80. The maximum atomic E-state index is 2.36. The molecule has 0 unspecified atom stereocenters. The zero-order valence-corrected chi connectivity index (χ0v) is 22.2. The highest BCUT2D eigenvalue weighted by Gasteiger charge is 2.12. The van der Waals surface area contributed by atoms with E-state index in [2.05, 4.69) is 133 Å². The van der Waals surface area contributed by atoms with Crippen LogP contribution in [0.5, 0.6) is 0 Å². The summed E-state index contributed by atoms with van der Waals surface area (Å²) in [7, 11) is 3.73. The van der Waals surface area contributed by atoms with Crippen LogP contribution in [0.15, 0.2) is 143 Å². The van der Waals surface area contributed by atoms with Gasteiger partial charge in [-0.1, -0.05) is 119 Å². The first-order chi connectivity index (χ1) is 18.8. The van der Waals surface area contributed by atoms with Crippen molar-refractivity contribution >= 4 is 86.2 Å². The van der Waals surface area contributed by atoms with E-state index in [9.17, 15) is 0 Å². The molecule has 0 atom stereocenters. The highest BCUT2D eigenvalue weighted by molar-refractivity contribution is 8.76. The molecule has 0 aromatic heterocycles. The van der Waals surface area contributed by atoms with Crippen LogP contribution >= 0.6 is 21.6 Å². The van der Waals surface area contributed by atoms with Gasteiger partial charge in [0.2, 0.25) is 0 Å². The molecule has 0 aliphatic heterocycles. The Kier molecular flexibility index (Phi) is 5.11. The van der Waals surface area contributed by atoms with E-state index in [1.165, 1.54) is 74.4 Å². The van der Waals surface area contributed by atoms with Crippen molar-refractivity contribution < 1.29 is 0 Å². The summed E-state index contributed by atoms with van der Waals surface area (Å²) in [6.45, 7) is 0. The zero-order chi connectivity index (χ0) is 25.1. The van der Waals surface area contributed by atoms with Gasteiger partial charge in [-0.2, -0.15) is 0 Å². The first-order valence-electron chi connectivity index (χ1n) is 12.8. The minimum absolute atomic E-state index is 1.28. The number of rotatable bonds is 3. The summed E-state index contributed by atoms with van der Waals surface area (Å²) >= 11 is 0. The van der Waals surface area contributed by atoms with Crippen molar-refractivity contribution in [1.82, 2.24) is 0 Å². The highest BCUT2D eigenvalue weighted by atomic mass is 33.1. The van der Waals surface area contributed by atoms with E-state index in [1.54, 1.807) is 0 Å². The third-order valence-electron chi connectivity index (χ3n) is 7.60. The molecule has 0 spiro atoms. The smallest absolute Gasteiger partial charge is 0.0271 e. The van der Waals surface area contributed by atoms with Crippen LogP contribution in [-0.2, 0) is 0 Å². The van der Waals surface area contributed by atoms with E-state index in [0.717, 1.165) is 0 Å². The Morgan fingerprint density at radius 3 is 1.11 bits per heavy atom. The average molecular weight is 519 g/mol. The number of hydrogen-bond donors (Lipinski definition) is 0. The van der Waals surface area contributed by atoms with E-state index in [-0.39, 0.29) is 0 Å². The van der Waals surface area contributed by atoms with Gasteiger partial charge in [0.1, 0.15) is 0 Å². The van der Waals surface area contributed by atoms with Crippen molar-refractivity contribution in [3.05, 3.63) is 133 Å². The molecule has 0 saturated carbocycles. The van der Waals surface area contributed by atoms with Crippen LogP contribution in [0.2, 0.25) is 0 Å². The van der Waals surface area contributed by atoms with Crippen molar-refractivity contribution in [1.29, 1.82) is 0 Å². The summed E-state index contributed by atoms with van der Waals surface area (Å²) in [5.41, 5.74) is 0. The fourth-order valence-electron chi connectivity index (χ4n) is 5.76. The van der Waals surface area contributed by atoms with Crippen molar-refractivity contribution in [2.75, 3.05) is 0 Å². The second-order valence-corrected chi connectivity index (χ2v) is 12.1. The van der Waals surface area contributed by atoms with Gasteiger partial charge in [0.05, 0.1) is 0 Å². The average Bonchev–Trinajstić information content (AvgIpc) is 2.97. The van der Waals surface area contributed by atoms with Gasteiger partial charge in [0.15, 0.2) is 0 Å².